The third kappa shape index (κ3) is 3.84. The van der Waals surface area contributed by atoms with Crippen LogP contribution in [0.3, 0.4) is 0 Å². The second-order valence-corrected chi connectivity index (χ2v) is 7.24. The SMILES string of the molecule is COc1cc(/C=N\n2c(-c3cc(-c4ccccc4)n[nH]3)n[nH]c2=S)cc(Br)c1O. The molecule has 0 aliphatic rings. The summed E-state index contributed by atoms with van der Waals surface area (Å²) in [5.41, 5.74) is 3.14. The van der Waals surface area contributed by atoms with Gasteiger partial charge in [-0.3, -0.25) is 5.10 Å². The van der Waals surface area contributed by atoms with Crippen LogP contribution in [0.25, 0.3) is 22.8 Å². The number of H-pyrrole nitrogens is 2. The topological polar surface area (TPSA) is 104 Å². The van der Waals surface area contributed by atoms with E-state index >= 15 is 0 Å². The van der Waals surface area contributed by atoms with Gasteiger partial charge in [-0.25, -0.2) is 5.10 Å². The molecule has 146 valence electrons. The number of hydrogen-bond acceptors (Lipinski definition) is 6. The highest BCUT2D eigenvalue weighted by Gasteiger charge is 2.13. The Bertz CT molecular complexity index is 1250. The van der Waals surface area contributed by atoms with E-state index in [0.29, 0.717) is 32.1 Å². The van der Waals surface area contributed by atoms with Crippen molar-refractivity contribution in [2.24, 2.45) is 5.10 Å². The summed E-state index contributed by atoms with van der Waals surface area (Å²) in [7, 11) is 1.48. The fraction of sp³-hybridized carbons (Fsp3) is 0.0526. The van der Waals surface area contributed by atoms with Gasteiger partial charge in [0, 0.05) is 5.56 Å². The molecule has 4 rings (SSSR count). The van der Waals surface area contributed by atoms with Crippen LogP contribution in [0.5, 0.6) is 11.5 Å². The zero-order chi connectivity index (χ0) is 20.4. The van der Waals surface area contributed by atoms with Crippen molar-refractivity contribution >= 4 is 34.4 Å². The number of aromatic hydroxyl groups is 1. The van der Waals surface area contributed by atoms with Gasteiger partial charge in [0.25, 0.3) is 0 Å². The molecule has 2 aromatic carbocycles. The standard InChI is InChI=1S/C19H15BrN6O2S/c1-28-16-8-11(7-13(20)17(16)27)10-21-26-18(24-25-19(26)29)15-9-14(22-23-15)12-5-3-2-4-6-12/h2-10,27H,1H3,(H,22,23)(H,25,29)/b21-10-. The summed E-state index contributed by atoms with van der Waals surface area (Å²) >= 11 is 8.60. The van der Waals surface area contributed by atoms with Crippen LogP contribution >= 0.6 is 28.1 Å². The number of aromatic nitrogens is 5. The maximum Gasteiger partial charge on any atom is 0.216 e. The lowest BCUT2D eigenvalue weighted by atomic mass is 10.1. The first kappa shape index (κ1) is 19.1. The maximum absolute atomic E-state index is 9.94. The number of phenolic OH excluding ortho intramolecular Hbond substituents is 1. The van der Waals surface area contributed by atoms with Gasteiger partial charge in [-0.05, 0) is 51.9 Å². The predicted octanol–water partition coefficient (Wildman–Crippen LogP) is 4.36. The first-order valence-corrected chi connectivity index (χ1v) is 9.66. The first-order valence-electron chi connectivity index (χ1n) is 8.46. The zero-order valence-corrected chi connectivity index (χ0v) is 17.5. The van der Waals surface area contributed by atoms with E-state index in [1.807, 2.05) is 36.4 Å². The molecule has 2 aromatic heterocycles. The van der Waals surface area contributed by atoms with Crippen molar-refractivity contribution in [3.8, 4) is 34.3 Å². The van der Waals surface area contributed by atoms with Crippen molar-refractivity contribution in [2.45, 2.75) is 0 Å². The Labute approximate surface area is 179 Å². The van der Waals surface area contributed by atoms with E-state index in [2.05, 4.69) is 41.4 Å². The lowest BCUT2D eigenvalue weighted by Crippen LogP contribution is -1.96. The third-order valence-corrected chi connectivity index (χ3v) is 5.00. The van der Waals surface area contributed by atoms with Crippen molar-refractivity contribution in [3.63, 3.8) is 0 Å². The molecule has 0 bridgehead atoms. The molecule has 0 saturated heterocycles. The van der Waals surface area contributed by atoms with E-state index in [1.54, 1.807) is 18.3 Å². The van der Waals surface area contributed by atoms with Gasteiger partial charge >= 0.3 is 0 Å². The number of halogens is 1. The summed E-state index contributed by atoms with van der Waals surface area (Å²) in [6.45, 7) is 0. The fourth-order valence-electron chi connectivity index (χ4n) is 2.71. The monoisotopic (exact) mass is 470 g/mol. The smallest absolute Gasteiger partial charge is 0.216 e. The van der Waals surface area contributed by atoms with Crippen LogP contribution in [0.4, 0.5) is 0 Å². The van der Waals surface area contributed by atoms with Gasteiger partial charge in [0.05, 0.1) is 23.5 Å². The molecule has 2 heterocycles. The van der Waals surface area contributed by atoms with Gasteiger partial charge in [-0.15, -0.1) is 0 Å². The van der Waals surface area contributed by atoms with E-state index in [9.17, 15) is 5.11 Å². The highest BCUT2D eigenvalue weighted by Crippen LogP contribution is 2.34. The van der Waals surface area contributed by atoms with Crippen LogP contribution in [0.2, 0.25) is 0 Å². The van der Waals surface area contributed by atoms with Gasteiger partial charge in [-0.2, -0.15) is 20.0 Å². The molecular weight excluding hydrogens is 456 g/mol. The molecular formula is C19H15BrN6O2S. The second kappa shape index (κ2) is 8.02. The van der Waals surface area contributed by atoms with Crippen molar-refractivity contribution in [1.82, 2.24) is 25.1 Å². The van der Waals surface area contributed by atoms with Crippen LogP contribution in [-0.4, -0.2) is 43.5 Å². The van der Waals surface area contributed by atoms with Gasteiger partial charge in [0.2, 0.25) is 10.6 Å². The molecule has 0 aliphatic heterocycles. The van der Waals surface area contributed by atoms with Crippen molar-refractivity contribution in [2.75, 3.05) is 7.11 Å². The van der Waals surface area contributed by atoms with Gasteiger partial charge < -0.3 is 9.84 Å². The number of nitrogens with zero attached hydrogens (tertiary/aromatic N) is 4. The number of methoxy groups -OCH3 is 1. The molecule has 0 aliphatic carbocycles. The largest absolute Gasteiger partial charge is 0.503 e. The van der Waals surface area contributed by atoms with Gasteiger partial charge in [0.1, 0.15) is 5.69 Å². The first-order chi connectivity index (χ1) is 14.1. The zero-order valence-electron chi connectivity index (χ0n) is 15.1. The molecule has 4 aromatic rings. The van der Waals surface area contributed by atoms with E-state index < -0.39 is 0 Å². The fourth-order valence-corrected chi connectivity index (χ4v) is 3.35. The summed E-state index contributed by atoms with van der Waals surface area (Å²) in [6, 6.07) is 15.1. The highest BCUT2D eigenvalue weighted by atomic mass is 79.9. The minimum Gasteiger partial charge on any atom is -0.503 e. The molecule has 0 saturated carbocycles. The molecule has 0 fully saturated rings. The van der Waals surface area contributed by atoms with Crippen LogP contribution < -0.4 is 4.74 Å². The van der Waals surface area contributed by atoms with Crippen LogP contribution in [0, 0.1) is 4.77 Å². The molecule has 8 nitrogen and oxygen atoms in total. The Morgan fingerprint density at radius 2 is 1.97 bits per heavy atom. The van der Waals surface area contributed by atoms with Crippen molar-refractivity contribution in [1.29, 1.82) is 0 Å². The van der Waals surface area contributed by atoms with E-state index in [1.165, 1.54) is 11.8 Å². The number of rotatable bonds is 5. The van der Waals surface area contributed by atoms with Crippen molar-refractivity contribution in [3.05, 3.63) is 63.3 Å². The molecule has 0 spiro atoms. The van der Waals surface area contributed by atoms with Crippen LogP contribution in [0.1, 0.15) is 5.56 Å². The van der Waals surface area contributed by atoms with E-state index in [4.69, 9.17) is 17.0 Å². The van der Waals surface area contributed by atoms with Crippen LogP contribution in [-0.2, 0) is 0 Å². The number of aromatic amines is 2. The Balaban J connectivity index is 1.69. The minimum absolute atomic E-state index is 0.0242. The predicted molar refractivity (Wildman–Crippen MR) is 116 cm³/mol. The Kier molecular flexibility index (Phi) is 5.28. The summed E-state index contributed by atoms with van der Waals surface area (Å²) in [5, 5.41) is 28.7. The highest BCUT2D eigenvalue weighted by molar-refractivity contribution is 9.10. The molecule has 0 amide bonds. The average Bonchev–Trinajstić information content (AvgIpc) is 3.36. The number of phenols is 1. The molecule has 0 radical (unpaired) electrons. The molecule has 29 heavy (non-hydrogen) atoms. The molecule has 0 unspecified atom stereocenters. The molecule has 10 heteroatoms. The lowest BCUT2D eigenvalue weighted by molar-refractivity contribution is 0.372. The van der Waals surface area contributed by atoms with Gasteiger partial charge in [-0.1, -0.05) is 30.3 Å². The molecule has 3 N–H and O–H groups in total. The Hall–Kier alpha value is -3.24. The summed E-state index contributed by atoms with van der Waals surface area (Å²) < 4.78 is 7.48. The number of nitrogens with one attached hydrogen (secondary N) is 2. The van der Waals surface area contributed by atoms with Crippen molar-refractivity contribution < 1.29 is 9.84 Å². The van der Waals surface area contributed by atoms with E-state index in [-0.39, 0.29) is 5.75 Å². The summed E-state index contributed by atoms with van der Waals surface area (Å²) in [6.07, 6.45) is 1.59. The summed E-state index contributed by atoms with van der Waals surface area (Å²) in [4.78, 5) is 0. The average molecular weight is 471 g/mol. The number of ether oxygens (including phenoxy) is 1. The second-order valence-electron chi connectivity index (χ2n) is 6.00. The molecule has 0 atom stereocenters. The normalized spacial score (nSPS) is 11.2. The summed E-state index contributed by atoms with van der Waals surface area (Å²) in [5.74, 6) is 0.847. The quantitative estimate of drug-likeness (QED) is 0.297. The Morgan fingerprint density at radius 3 is 2.72 bits per heavy atom. The number of hydrogen-bond donors (Lipinski definition) is 3. The minimum atomic E-state index is 0.0242. The Morgan fingerprint density at radius 1 is 1.17 bits per heavy atom. The number of benzene rings is 2. The van der Waals surface area contributed by atoms with Gasteiger partial charge in [0.15, 0.2) is 11.5 Å². The lowest BCUT2D eigenvalue weighted by Gasteiger charge is -2.06. The third-order valence-electron chi connectivity index (χ3n) is 4.13. The van der Waals surface area contributed by atoms with Crippen LogP contribution in [0.15, 0.2) is 58.1 Å². The van der Waals surface area contributed by atoms with E-state index in [0.717, 1.165) is 11.3 Å². The maximum atomic E-state index is 9.94.